The van der Waals surface area contributed by atoms with Gasteiger partial charge in [0.1, 0.15) is 17.3 Å². The number of hydrogen-bond donors (Lipinski definition) is 1. The molecule has 0 amide bonds. The van der Waals surface area contributed by atoms with Crippen molar-refractivity contribution >= 4 is 15.9 Å². The molecule has 2 aromatic carbocycles. The van der Waals surface area contributed by atoms with Gasteiger partial charge in [-0.25, -0.2) is 4.39 Å². The van der Waals surface area contributed by atoms with Crippen LogP contribution in [0.5, 0.6) is 11.5 Å². The van der Waals surface area contributed by atoms with Crippen LogP contribution in [0.4, 0.5) is 4.39 Å². The second-order valence-corrected chi connectivity index (χ2v) is 4.96. The number of rotatable bonds is 5. The highest BCUT2D eigenvalue weighted by Crippen LogP contribution is 2.26. The normalized spacial score (nSPS) is 10.5. The molecule has 0 saturated heterocycles. The molecule has 100 valence electrons. The Morgan fingerprint density at radius 1 is 1.11 bits per heavy atom. The van der Waals surface area contributed by atoms with Gasteiger partial charge in [0.15, 0.2) is 0 Å². The van der Waals surface area contributed by atoms with E-state index in [2.05, 4.69) is 28.2 Å². The van der Waals surface area contributed by atoms with Crippen LogP contribution in [-0.4, -0.2) is 6.54 Å². The smallest absolute Gasteiger partial charge is 0.137 e. The van der Waals surface area contributed by atoms with E-state index in [9.17, 15) is 4.39 Å². The van der Waals surface area contributed by atoms with Gasteiger partial charge >= 0.3 is 0 Å². The van der Waals surface area contributed by atoms with E-state index in [1.54, 1.807) is 12.1 Å². The summed E-state index contributed by atoms with van der Waals surface area (Å²) in [5, 5.41) is 3.26. The Balaban J connectivity index is 2.04. The minimum Gasteiger partial charge on any atom is -0.457 e. The van der Waals surface area contributed by atoms with E-state index in [0.29, 0.717) is 10.2 Å². The maximum atomic E-state index is 13.1. The summed E-state index contributed by atoms with van der Waals surface area (Å²) in [5.74, 6) is 1.04. The topological polar surface area (TPSA) is 21.3 Å². The zero-order valence-electron chi connectivity index (χ0n) is 10.6. The van der Waals surface area contributed by atoms with Crippen molar-refractivity contribution in [1.29, 1.82) is 0 Å². The predicted octanol–water partition coefficient (Wildman–Crippen LogP) is 4.49. The van der Waals surface area contributed by atoms with Crippen LogP contribution in [0.2, 0.25) is 0 Å². The maximum absolute atomic E-state index is 13.1. The lowest BCUT2D eigenvalue weighted by molar-refractivity contribution is 0.479. The van der Waals surface area contributed by atoms with E-state index >= 15 is 0 Å². The van der Waals surface area contributed by atoms with Gasteiger partial charge in [-0.05, 0) is 58.4 Å². The van der Waals surface area contributed by atoms with Crippen molar-refractivity contribution in [3.05, 3.63) is 58.3 Å². The largest absolute Gasteiger partial charge is 0.457 e. The molecule has 2 nitrogen and oxygen atoms in total. The van der Waals surface area contributed by atoms with Crippen LogP contribution in [0.1, 0.15) is 12.5 Å². The Bertz CT molecular complexity index is 542. The first-order valence-corrected chi connectivity index (χ1v) is 6.91. The number of halogens is 2. The summed E-state index contributed by atoms with van der Waals surface area (Å²) in [6.45, 7) is 3.87. The molecule has 0 aliphatic heterocycles. The quantitative estimate of drug-likeness (QED) is 0.875. The zero-order valence-corrected chi connectivity index (χ0v) is 12.2. The van der Waals surface area contributed by atoms with Crippen molar-refractivity contribution < 1.29 is 9.13 Å². The first kappa shape index (κ1) is 14.0. The number of hydrogen-bond acceptors (Lipinski definition) is 2. The lowest BCUT2D eigenvalue weighted by Crippen LogP contribution is -2.11. The zero-order chi connectivity index (χ0) is 13.7. The average molecular weight is 324 g/mol. The number of benzene rings is 2. The Morgan fingerprint density at radius 3 is 2.42 bits per heavy atom. The van der Waals surface area contributed by atoms with Crippen LogP contribution in [0.15, 0.2) is 46.9 Å². The van der Waals surface area contributed by atoms with Crippen molar-refractivity contribution in [2.24, 2.45) is 0 Å². The second-order valence-electron chi connectivity index (χ2n) is 4.10. The minimum atomic E-state index is -0.298. The molecular formula is C15H15BrFNO. The van der Waals surface area contributed by atoms with E-state index < -0.39 is 0 Å². The molecule has 0 atom stereocenters. The van der Waals surface area contributed by atoms with Gasteiger partial charge in [0.2, 0.25) is 0 Å². The van der Waals surface area contributed by atoms with Gasteiger partial charge in [0.05, 0.1) is 4.47 Å². The first-order valence-electron chi connectivity index (χ1n) is 6.11. The lowest BCUT2D eigenvalue weighted by atomic mass is 10.2. The second kappa shape index (κ2) is 6.68. The molecule has 0 saturated carbocycles. The molecule has 2 aromatic rings. The summed E-state index contributed by atoms with van der Waals surface area (Å²) in [6, 6.07) is 12.4. The van der Waals surface area contributed by atoms with Gasteiger partial charge in [-0.15, -0.1) is 0 Å². The van der Waals surface area contributed by atoms with Crippen molar-refractivity contribution in [2.75, 3.05) is 6.54 Å². The van der Waals surface area contributed by atoms with Crippen LogP contribution in [0.3, 0.4) is 0 Å². The van der Waals surface area contributed by atoms with Crippen LogP contribution in [0, 0.1) is 5.82 Å². The standard InChI is InChI=1S/C15H15BrFNO/c1-2-18-10-11-3-5-12(6-4-11)19-13-7-8-15(17)14(16)9-13/h3-9,18H,2,10H2,1H3. The fourth-order valence-electron chi connectivity index (χ4n) is 1.62. The van der Waals surface area contributed by atoms with E-state index in [1.807, 2.05) is 24.3 Å². The monoisotopic (exact) mass is 323 g/mol. The third-order valence-corrected chi connectivity index (χ3v) is 3.24. The molecule has 19 heavy (non-hydrogen) atoms. The first-order chi connectivity index (χ1) is 9.19. The molecule has 0 aliphatic carbocycles. The van der Waals surface area contributed by atoms with Gasteiger partial charge in [-0.3, -0.25) is 0 Å². The fourth-order valence-corrected chi connectivity index (χ4v) is 1.98. The van der Waals surface area contributed by atoms with Crippen LogP contribution < -0.4 is 10.1 Å². The summed E-state index contributed by atoms with van der Waals surface area (Å²) in [5.41, 5.74) is 1.20. The molecule has 0 aliphatic rings. The Morgan fingerprint density at radius 2 is 1.79 bits per heavy atom. The van der Waals surface area contributed by atoms with Gasteiger partial charge in [-0.2, -0.15) is 0 Å². The summed E-state index contributed by atoms with van der Waals surface area (Å²) in [4.78, 5) is 0. The van der Waals surface area contributed by atoms with Crippen molar-refractivity contribution in [3.63, 3.8) is 0 Å². The lowest BCUT2D eigenvalue weighted by Gasteiger charge is -2.08. The molecule has 0 spiro atoms. The van der Waals surface area contributed by atoms with E-state index in [4.69, 9.17) is 4.74 Å². The van der Waals surface area contributed by atoms with Crippen molar-refractivity contribution in [1.82, 2.24) is 5.32 Å². The van der Waals surface area contributed by atoms with Gasteiger partial charge < -0.3 is 10.1 Å². The molecule has 0 radical (unpaired) electrons. The molecule has 0 heterocycles. The summed E-state index contributed by atoms with van der Waals surface area (Å²) in [7, 11) is 0. The molecule has 4 heteroatoms. The highest BCUT2D eigenvalue weighted by atomic mass is 79.9. The van der Waals surface area contributed by atoms with E-state index in [0.717, 1.165) is 18.8 Å². The Labute approximate surface area is 120 Å². The number of nitrogens with one attached hydrogen (secondary N) is 1. The van der Waals surface area contributed by atoms with Gasteiger partial charge in [-0.1, -0.05) is 19.1 Å². The summed E-state index contributed by atoms with van der Waals surface area (Å²) in [6.07, 6.45) is 0. The van der Waals surface area contributed by atoms with Crippen LogP contribution in [-0.2, 0) is 6.54 Å². The average Bonchev–Trinajstić information content (AvgIpc) is 2.42. The summed E-state index contributed by atoms with van der Waals surface area (Å²) < 4.78 is 19.2. The predicted molar refractivity (Wildman–Crippen MR) is 78.0 cm³/mol. The molecule has 2 rings (SSSR count). The maximum Gasteiger partial charge on any atom is 0.137 e. The molecule has 1 N–H and O–H groups in total. The third kappa shape index (κ3) is 4.04. The van der Waals surface area contributed by atoms with E-state index in [1.165, 1.54) is 11.6 Å². The fraction of sp³-hybridized carbons (Fsp3) is 0.200. The molecule has 0 unspecified atom stereocenters. The Hall–Kier alpha value is -1.39. The van der Waals surface area contributed by atoms with Crippen molar-refractivity contribution in [3.8, 4) is 11.5 Å². The van der Waals surface area contributed by atoms with Crippen LogP contribution >= 0.6 is 15.9 Å². The van der Waals surface area contributed by atoms with Crippen LogP contribution in [0.25, 0.3) is 0 Å². The van der Waals surface area contributed by atoms with Gasteiger partial charge in [0.25, 0.3) is 0 Å². The number of ether oxygens (including phenoxy) is 1. The SMILES string of the molecule is CCNCc1ccc(Oc2ccc(F)c(Br)c2)cc1. The van der Waals surface area contributed by atoms with E-state index in [-0.39, 0.29) is 5.82 Å². The van der Waals surface area contributed by atoms with Gasteiger partial charge in [0, 0.05) is 6.54 Å². The highest BCUT2D eigenvalue weighted by Gasteiger charge is 2.02. The highest BCUT2D eigenvalue weighted by molar-refractivity contribution is 9.10. The minimum absolute atomic E-state index is 0.298. The molecule has 0 bridgehead atoms. The molecular weight excluding hydrogens is 309 g/mol. The summed E-state index contributed by atoms with van der Waals surface area (Å²) >= 11 is 3.14. The third-order valence-electron chi connectivity index (χ3n) is 2.63. The van der Waals surface area contributed by atoms with Crippen molar-refractivity contribution in [2.45, 2.75) is 13.5 Å². The molecule has 0 aromatic heterocycles. The Kier molecular flexibility index (Phi) is 4.93. The molecule has 0 fully saturated rings.